The van der Waals surface area contributed by atoms with Crippen LogP contribution in [-0.4, -0.2) is 23.7 Å². The Morgan fingerprint density at radius 2 is 1.03 bits per heavy atom. The van der Waals surface area contributed by atoms with Crippen molar-refractivity contribution < 1.29 is 19.1 Å². The molecule has 34 heavy (non-hydrogen) atoms. The van der Waals surface area contributed by atoms with E-state index in [1.807, 2.05) is 62.4 Å². The van der Waals surface area contributed by atoms with E-state index in [0.717, 1.165) is 22.3 Å². The van der Waals surface area contributed by atoms with E-state index in [2.05, 4.69) is 9.98 Å². The fourth-order valence-corrected chi connectivity index (χ4v) is 3.49. The Balaban J connectivity index is 1.41. The summed E-state index contributed by atoms with van der Waals surface area (Å²) >= 11 is 0. The number of rotatable bonds is 4. The minimum absolute atomic E-state index is 0.186. The molecule has 6 heteroatoms. The molecule has 0 atom stereocenters. The van der Waals surface area contributed by atoms with Gasteiger partial charge in [-0.3, -0.25) is 0 Å². The van der Waals surface area contributed by atoms with Crippen LogP contribution in [0.3, 0.4) is 0 Å². The van der Waals surface area contributed by atoms with E-state index in [-0.39, 0.29) is 23.2 Å². The van der Waals surface area contributed by atoms with E-state index in [9.17, 15) is 9.59 Å². The normalized spacial score (nSPS) is 17.6. The van der Waals surface area contributed by atoms with Gasteiger partial charge in [-0.1, -0.05) is 65.7 Å². The minimum Gasteiger partial charge on any atom is -0.402 e. The summed E-state index contributed by atoms with van der Waals surface area (Å²) < 4.78 is 10.8. The summed E-state index contributed by atoms with van der Waals surface area (Å²) in [6.07, 6.45) is 3.37. The Morgan fingerprint density at radius 1 is 0.618 bits per heavy atom. The van der Waals surface area contributed by atoms with Gasteiger partial charge >= 0.3 is 11.9 Å². The zero-order valence-electron chi connectivity index (χ0n) is 18.6. The van der Waals surface area contributed by atoms with E-state index < -0.39 is 11.9 Å². The van der Waals surface area contributed by atoms with Gasteiger partial charge in [-0.15, -0.1) is 0 Å². The number of esters is 2. The van der Waals surface area contributed by atoms with Crippen LogP contribution in [0.4, 0.5) is 0 Å². The number of ether oxygens (including phenoxy) is 2. The largest absolute Gasteiger partial charge is 0.402 e. The summed E-state index contributed by atoms with van der Waals surface area (Å²) in [5.74, 6) is -0.668. The molecule has 2 aliphatic heterocycles. The van der Waals surface area contributed by atoms with Gasteiger partial charge in [0.2, 0.25) is 11.8 Å². The molecular formula is C28H20N2O4. The summed E-state index contributed by atoms with van der Waals surface area (Å²) in [4.78, 5) is 33.4. The van der Waals surface area contributed by atoms with Gasteiger partial charge in [0, 0.05) is 11.1 Å². The average Bonchev–Trinajstić information content (AvgIpc) is 3.39. The molecule has 166 valence electrons. The van der Waals surface area contributed by atoms with Crippen molar-refractivity contribution >= 4 is 35.9 Å². The van der Waals surface area contributed by atoms with Gasteiger partial charge in [0.05, 0.1) is 0 Å². The van der Waals surface area contributed by atoms with Crippen LogP contribution in [0.2, 0.25) is 0 Å². The van der Waals surface area contributed by atoms with Gasteiger partial charge in [0.25, 0.3) is 0 Å². The van der Waals surface area contributed by atoms with Crippen molar-refractivity contribution in [2.45, 2.75) is 13.8 Å². The molecule has 0 amide bonds. The molecule has 2 aliphatic rings. The van der Waals surface area contributed by atoms with Crippen LogP contribution in [-0.2, 0) is 19.1 Å². The van der Waals surface area contributed by atoms with Crippen LogP contribution in [0.1, 0.15) is 33.4 Å². The highest BCUT2D eigenvalue weighted by molar-refractivity contribution is 6.15. The quantitative estimate of drug-likeness (QED) is 0.416. The zero-order valence-corrected chi connectivity index (χ0v) is 18.6. The molecule has 3 aromatic rings. The van der Waals surface area contributed by atoms with Crippen molar-refractivity contribution in [3.63, 3.8) is 0 Å². The molecule has 0 unspecified atom stereocenters. The Kier molecular flexibility index (Phi) is 5.47. The Labute approximate surface area is 196 Å². The predicted octanol–water partition coefficient (Wildman–Crippen LogP) is 4.99. The van der Waals surface area contributed by atoms with Gasteiger partial charge in [0.1, 0.15) is 0 Å². The topological polar surface area (TPSA) is 77.3 Å². The lowest BCUT2D eigenvalue weighted by atomic mass is 10.1. The van der Waals surface area contributed by atoms with E-state index in [1.165, 1.54) is 0 Å². The van der Waals surface area contributed by atoms with Crippen molar-refractivity contribution in [1.82, 2.24) is 0 Å². The van der Waals surface area contributed by atoms with E-state index in [4.69, 9.17) is 9.47 Å². The third-order valence-electron chi connectivity index (χ3n) is 5.36. The monoisotopic (exact) mass is 448 g/mol. The van der Waals surface area contributed by atoms with Crippen molar-refractivity contribution in [2.24, 2.45) is 9.98 Å². The highest BCUT2D eigenvalue weighted by atomic mass is 16.6. The Bertz CT molecular complexity index is 1320. The van der Waals surface area contributed by atoms with Crippen molar-refractivity contribution in [2.75, 3.05) is 0 Å². The maximum absolute atomic E-state index is 12.3. The van der Waals surface area contributed by atoms with E-state index in [1.54, 1.807) is 36.4 Å². The zero-order chi connectivity index (χ0) is 23.7. The molecule has 0 spiro atoms. The lowest BCUT2D eigenvalue weighted by Gasteiger charge is -2.03. The molecule has 3 aromatic carbocycles. The maximum Gasteiger partial charge on any atom is 0.363 e. The number of nitrogens with zero attached hydrogens (tertiary/aromatic N) is 2. The molecule has 0 fully saturated rings. The number of carbonyl (C=O) groups excluding carboxylic acids is 2. The summed E-state index contributed by atoms with van der Waals surface area (Å²) in [6.45, 7) is 3.99. The van der Waals surface area contributed by atoms with E-state index >= 15 is 0 Å². The highest BCUT2D eigenvalue weighted by Crippen LogP contribution is 2.23. The molecule has 0 radical (unpaired) electrons. The first-order chi connectivity index (χ1) is 16.4. The molecule has 0 N–H and O–H groups in total. The number of carbonyl (C=O) groups is 2. The van der Waals surface area contributed by atoms with Gasteiger partial charge in [-0.05, 0) is 55.3 Å². The number of aryl methyl sites for hydroxylation is 2. The Morgan fingerprint density at radius 3 is 1.44 bits per heavy atom. The molecule has 0 aromatic heterocycles. The van der Waals surface area contributed by atoms with Crippen LogP contribution in [0.5, 0.6) is 0 Å². The first-order valence-electron chi connectivity index (χ1n) is 10.7. The van der Waals surface area contributed by atoms with Crippen LogP contribution in [0.25, 0.3) is 12.2 Å². The fourth-order valence-electron chi connectivity index (χ4n) is 3.49. The summed E-state index contributed by atoms with van der Waals surface area (Å²) in [6, 6.07) is 22.5. The third-order valence-corrected chi connectivity index (χ3v) is 5.36. The summed E-state index contributed by atoms with van der Waals surface area (Å²) in [7, 11) is 0. The molecular weight excluding hydrogens is 428 g/mol. The summed E-state index contributed by atoms with van der Waals surface area (Å²) in [5.41, 5.74) is 5.57. The lowest BCUT2D eigenvalue weighted by Crippen LogP contribution is -2.09. The van der Waals surface area contributed by atoms with E-state index in [0.29, 0.717) is 11.1 Å². The molecule has 2 heterocycles. The standard InChI is InChI=1S/C28H20N2O4/c1-17-6-10-19(11-7-17)14-23-27(31)33-25(29-23)21-4-3-5-22(16-21)26-30-24(28(32)34-26)15-20-12-8-18(2)9-13-20/h3-16H,1-2H3. The van der Waals surface area contributed by atoms with Gasteiger partial charge in [0.15, 0.2) is 11.4 Å². The van der Waals surface area contributed by atoms with Crippen LogP contribution < -0.4 is 0 Å². The number of aliphatic imine (C=N–C) groups is 2. The number of hydrogen-bond donors (Lipinski definition) is 0. The second-order valence-electron chi connectivity index (χ2n) is 8.07. The first kappa shape index (κ1) is 21.3. The fraction of sp³-hybridized carbons (Fsp3) is 0.0714. The van der Waals surface area contributed by atoms with Crippen molar-refractivity contribution in [3.05, 3.63) is 118 Å². The van der Waals surface area contributed by atoms with Gasteiger partial charge in [-0.25, -0.2) is 19.6 Å². The molecule has 6 nitrogen and oxygen atoms in total. The van der Waals surface area contributed by atoms with Crippen LogP contribution in [0.15, 0.2) is 94.2 Å². The number of benzene rings is 3. The van der Waals surface area contributed by atoms with Crippen LogP contribution in [0, 0.1) is 13.8 Å². The molecule has 0 aliphatic carbocycles. The second-order valence-corrected chi connectivity index (χ2v) is 8.07. The smallest absolute Gasteiger partial charge is 0.363 e. The first-order valence-corrected chi connectivity index (χ1v) is 10.7. The minimum atomic E-state index is -0.520. The molecule has 0 bridgehead atoms. The number of cyclic esters (lactones) is 2. The average molecular weight is 448 g/mol. The van der Waals surface area contributed by atoms with Crippen LogP contribution >= 0.6 is 0 Å². The predicted molar refractivity (Wildman–Crippen MR) is 130 cm³/mol. The third kappa shape index (κ3) is 4.47. The Hall–Kier alpha value is -4.58. The SMILES string of the molecule is Cc1ccc(C=C2N=C(c3cccc(C4=NC(=Cc5ccc(C)cc5)C(=O)O4)c3)OC2=O)cc1. The second kappa shape index (κ2) is 8.75. The van der Waals surface area contributed by atoms with Crippen molar-refractivity contribution in [3.8, 4) is 0 Å². The molecule has 5 rings (SSSR count). The maximum atomic E-state index is 12.3. The van der Waals surface area contributed by atoms with Gasteiger partial charge < -0.3 is 9.47 Å². The molecule has 0 saturated carbocycles. The molecule has 0 saturated heterocycles. The van der Waals surface area contributed by atoms with Crippen molar-refractivity contribution in [1.29, 1.82) is 0 Å². The summed E-state index contributed by atoms with van der Waals surface area (Å²) in [5, 5.41) is 0. The number of hydrogen-bond acceptors (Lipinski definition) is 6. The lowest BCUT2D eigenvalue weighted by molar-refractivity contribution is -0.130. The van der Waals surface area contributed by atoms with Gasteiger partial charge in [-0.2, -0.15) is 0 Å². The highest BCUT2D eigenvalue weighted by Gasteiger charge is 2.27.